The van der Waals surface area contributed by atoms with Crippen molar-refractivity contribution >= 4 is 23.1 Å². The van der Waals surface area contributed by atoms with Crippen LogP contribution in [0.15, 0.2) is 84.8 Å². The van der Waals surface area contributed by atoms with Crippen LogP contribution < -0.4 is 0 Å². The smallest absolute Gasteiger partial charge is 0.290 e. The van der Waals surface area contributed by atoms with E-state index in [1.807, 2.05) is 66.7 Å². The first-order valence-electron chi connectivity index (χ1n) is 8.60. The molecule has 1 amide bonds. The number of aliphatic hydroxyl groups is 1. The van der Waals surface area contributed by atoms with Gasteiger partial charge in [0.15, 0.2) is 5.76 Å². The lowest BCUT2D eigenvalue weighted by molar-refractivity contribution is -0.130. The van der Waals surface area contributed by atoms with Crippen LogP contribution in [-0.2, 0) is 11.3 Å². The third-order valence-electron chi connectivity index (χ3n) is 4.61. The number of hydrogen-bond acceptors (Lipinski definition) is 3. The first-order chi connectivity index (χ1) is 13.1. The molecule has 4 rings (SSSR count). The van der Waals surface area contributed by atoms with E-state index in [0.717, 1.165) is 16.8 Å². The monoisotopic (exact) mass is 376 g/mol. The van der Waals surface area contributed by atoms with Crippen molar-refractivity contribution in [3.63, 3.8) is 0 Å². The van der Waals surface area contributed by atoms with Gasteiger partial charge >= 0.3 is 0 Å². The van der Waals surface area contributed by atoms with Gasteiger partial charge in [0.2, 0.25) is 0 Å². The molecule has 1 aromatic heterocycles. The van der Waals surface area contributed by atoms with Crippen molar-refractivity contribution in [3.05, 3.63) is 107 Å². The second kappa shape index (κ2) is 7.25. The zero-order valence-electron chi connectivity index (χ0n) is 14.4. The minimum Gasteiger partial charge on any atom is -0.503 e. The summed E-state index contributed by atoms with van der Waals surface area (Å²) in [7, 11) is 0. The van der Waals surface area contributed by atoms with Crippen LogP contribution in [0, 0.1) is 0 Å². The Balaban J connectivity index is 1.83. The van der Waals surface area contributed by atoms with E-state index in [1.54, 1.807) is 17.2 Å². The largest absolute Gasteiger partial charge is 0.503 e. The lowest BCUT2D eigenvalue weighted by atomic mass is 9.93. The van der Waals surface area contributed by atoms with Crippen molar-refractivity contribution < 1.29 is 9.90 Å². The van der Waals surface area contributed by atoms with Gasteiger partial charge in [-0.15, -0.1) is 0 Å². The number of carbonyl (C=O) groups excluding carboxylic acids is 1. The van der Waals surface area contributed by atoms with Gasteiger partial charge in [-0.25, -0.2) is 0 Å². The minimum absolute atomic E-state index is 0.234. The van der Waals surface area contributed by atoms with Crippen molar-refractivity contribution in [2.45, 2.75) is 12.6 Å². The van der Waals surface area contributed by atoms with Crippen molar-refractivity contribution in [1.82, 2.24) is 9.88 Å². The molecule has 1 aliphatic heterocycles. The number of carbonyl (C=O) groups is 1. The van der Waals surface area contributed by atoms with Crippen LogP contribution in [0.5, 0.6) is 0 Å². The van der Waals surface area contributed by atoms with Crippen molar-refractivity contribution in [2.24, 2.45) is 0 Å². The number of halogens is 1. The molecular formula is C22H17ClN2O2. The lowest BCUT2D eigenvalue weighted by Gasteiger charge is -2.27. The predicted octanol–water partition coefficient (Wildman–Crippen LogP) is 4.79. The molecular weight excluding hydrogens is 360 g/mol. The van der Waals surface area contributed by atoms with E-state index in [0.29, 0.717) is 10.6 Å². The molecule has 3 aromatic rings. The van der Waals surface area contributed by atoms with Crippen molar-refractivity contribution in [3.8, 4) is 0 Å². The molecule has 27 heavy (non-hydrogen) atoms. The number of pyridine rings is 1. The van der Waals surface area contributed by atoms with Crippen LogP contribution in [-0.4, -0.2) is 20.9 Å². The summed E-state index contributed by atoms with van der Waals surface area (Å²) in [5.41, 5.74) is 2.98. The van der Waals surface area contributed by atoms with Crippen LogP contribution in [0.4, 0.5) is 0 Å². The van der Waals surface area contributed by atoms with Gasteiger partial charge in [0.25, 0.3) is 5.91 Å². The molecule has 0 spiro atoms. The fourth-order valence-corrected chi connectivity index (χ4v) is 3.62. The van der Waals surface area contributed by atoms with Crippen LogP contribution >= 0.6 is 11.6 Å². The Hall–Kier alpha value is -3.11. The Bertz CT molecular complexity index is 1000. The van der Waals surface area contributed by atoms with Crippen molar-refractivity contribution in [2.75, 3.05) is 0 Å². The number of hydrogen-bond donors (Lipinski definition) is 1. The normalized spacial score (nSPS) is 16.9. The molecule has 0 aliphatic carbocycles. The highest BCUT2D eigenvalue weighted by Crippen LogP contribution is 2.43. The van der Waals surface area contributed by atoms with E-state index < -0.39 is 11.9 Å². The van der Waals surface area contributed by atoms with E-state index in [1.165, 1.54) is 0 Å². The first-order valence-corrected chi connectivity index (χ1v) is 8.98. The maximum atomic E-state index is 12.9. The second-order valence-electron chi connectivity index (χ2n) is 6.34. The number of aliphatic hydroxyl groups excluding tert-OH is 1. The number of nitrogens with zero attached hydrogens (tertiary/aromatic N) is 2. The Labute approximate surface area is 162 Å². The topological polar surface area (TPSA) is 53.4 Å². The Morgan fingerprint density at radius 1 is 1.00 bits per heavy atom. The predicted molar refractivity (Wildman–Crippen MR) is 105 cm³/mol. The van der Waals surface area contributed by atoms with Crippen LogP contribution in [0.3, 0.4) is 0 Å². The zero-order chi connectivity index (χ0) is 18.8. The Morgan fingerprint density at radius 2 is 1.78 bits per heavy atom. The second-order valence-corrected chi connectivity index (χ2v) is 6.78. The lowest BCUT2D eigenvalue weighted by Crippen LogP contribution is -2.30. The van der Waals surface area contributed by atoms with E-state index in [-0.39, 0.29) is 12.3 Å². The maximum absolute atomic E-state index is 12.9. The summed E-state index contributed by atoms with van der Waals surface area (Å²) in [6, 6.07) is 21.9. The highest BCUT2D eigenvalue weighted by Gasteiger charge is 2.41. The average molecular weight is 377 g/mol. The van der Waals surface area contributed by atoms with Crippen LogP contribution in [0.2, 0.25) is 5.02 Å². The highest BCUT2D eigenvalue weighted by atomic mass is 35.5. The summed E-state index contributed by atoms with van der Waals surface area (Å²) >= 11 is 6.20. The van der Waals surface area contributed by atoms with Gasteiger partial charge < -0.3 is 10.0 Å². The molecule has 2 heterocycles. The van der Waals surface area contributed by atoms with E-state index in [9.17, 15) is 9.90 Å². The summed E-state index contributed by atoms with van der Waals surface area (Å²) in [4.78, 5) is 18.9. The molecule has 2 aromatic carbocycles. The molecule has 5 heteroatoms. The standard InChI is InChI=1S/C22H17ClN2O2/c23-17-10-6-9-16(13-17)20-19(15-7-2-1-3-8-15)21(26)22(27)25(20)14-18-11-4-5-12-24-18/h1-13,20,26H,14H2/t20-/m1/s1. The Kier molecular flexibility index (Phi) is 4.65. The fraction of sp³-hybridized carbons (Fsp3) is 0.0909. The highest BCUT2D eigenvalue weighted by molar-refractivity contribution is 6.30. The van der Waals surface area contributed by atoms with Gasteiger partial charge in [0.05, 0.1) is 18.3 Å². The van der Waals surface area contributed by atoms with E-state index in [2.05, 4.69) is 4.98 Å². The molecule has 0 saturated heterocycles. The molecule has 1 aliphatic rings. The zero-order valence-corrected chi connectivity index (χ0v) is 15.2. The molecule has 134 valence electrons. The molecule has 0 unspecified atom stereocenters. The van der Waals surface area contributed by atoms with Crippen molar-refractivity contribution in [1.29, 1.82) is 0 Å². The summed E-state index contributed by atoms with van der Waals surface area (Å²) in [5, 5.41) is 11.3. The summed E-state index contributed by atoms with van der Waals surface area (Å²) in [5.74, 6) is -0.647. The average Bonchev–Trinajstić information content (AvgIpc) is 2.94. The van der Waals surface area contributed by atoms with Crippen LogP contribution in [0.25, 0.3) is 5.57 Å². The third-order valence-corrected chi connectivity index (χ3v) is 4.85. The minimum atomic E-state index is -0.444. The molecule has 4 nitrogen and oxygen atoms in total. The van der Waals surface area contributed by atoms with Gasteiger partial charge in [-0.3, -0.25) is 9.78 Å². The maximum Gasteiger partial charge on any atom is 0.290 e. The number of rotatable bonds is 4. The SMILES string of the molecule is O=C1C(O)=C(c2ccccc2)[C@@H](c2cccc(Cl)c2)N1Cc1ccccn1. The van der Waals surface area contributed by atoms with Gasteiger partial charge in [0, 0.05) is 16.8 Å². The van der Waals surface area contributed by atoms with Crippen LogP contribution in [0.1, 0.15) is 22.9 Å². The summed E-state index contributed by atoms with van der Waals surface area (Å²) in [6.07, 6.45) is 1.69. The van der Waals surface area contributed by atoms with Gasteiger partial charge in [-0.1, -0.05) is 60.1 Å². The molecule has 0 bridgehead atoms. The molecule has 0 saturated carbocycles. The van der Waals surface area contributed by atoms with E-state index in [4.69, 9.17) is 11.6 Å². The third kappa shape index (κ3) is 3.32. The number of benzene rings is 2. The molecule has 0 radical (unpaired) electrons. The number of amides is 1. The van der Waals surface area contributed by atoms with E-state index >= 15 is 0 Å². The summed E-state index contributed by atoms with van der Waals surface area (Å²) < 4.78 is 0. The first kappa shape index (κ1) is 17.3. The molecule has 1 N–H and O–H groups in total. The van der Waals surface area contributed by atoms with Gasteiger partial charge in [-0.2, -0.15) is 0 Å². The van der Waals surface area contributed by atoms with Gasteiger partial charge in [-0.05, 0) is 35.4 Å². The molecule has 0 fully saturated rings. The summed E-state index contributed by atoms with van der Waals surface area (Å²) in [6.45, 7) is 0.289. The Morgan fingerprint density at radius 3 is 2.48 bits per heavy atom. The van der Waals surface area contributed by atoms with Gasteiger partial charge in [0.1, 0.15) is 0 Å². The number of aromatic nitrogens is 1. The fourth-order valence-electron chi connectivity index (χ4n) is 3.42. The molecule has 1 atom stereocenters. The quantitative estimate of drug-likeness (QED) is 0.712.